The Morgan fingerprint density at radius 1 is 1.12 bits per heavy atom. The maximum absolute atomic E-state index is 12.0. The SMILES string of the molecule is CCCC(=NNC(=O)COc1cc(C)ccc1C)c1ccccc1. The van der Waals surface area contributed by atoms with E-state index in [9.17, 15) is 4.79 Å². The second kappa shape index (κ2) is 8.87. The quantitative estimate of drug-likeness (QED) is 0.618. The maximum atomic E-state index is 12.0. The lowest BCUT2D eigenvalue weighted by atomic mass is 10.1. The fourth-order valence-electron chi connectivity index (χ4n) is 2.30. The highest BCUT2D eigenvalue weighted by molar-refractivity contribution is 6.01. The molecule has 0 aliphatic carbocycles. The molecule has 2 aromatic rings. The standard InChI is InChI=1S/C20H24N2O2/c1-4-8-18(17-9-6-5-7-10-17)21-22-20(23)14-24-19-13-15(2)11-12-16(19)3/h5-7,9-13H,4,8,14H2,1-3H3,(H,22,23). The number of nitrogens with zero attached hydrogens (tertiary/aromatic N) is 1. The third kappa shape index (κ3) is 5.23. The summed E-state index contributed by atoms with van der Waals surface area (Å²) in [4.78, 5) is 12.0. The highest BCUT2D eigenvalue weighted by Crippen LogP contribution is 2.18. The Bertz CT molecular complexity index is 709. The first kappa shape index (κ1) is 17.7. The third-order valence-corrected chi connectivity index (χ3v) is 3.61. The van der Waals surface area contributed by atoms with E-state index < -0.39 is 0 Å². The lowest BCUT2D eigenvalue weighted by Crippen LogP contribution is -2.26. The van der Waals surface area contributed by atoms with Gasteiger partial charge in [-0.1, -0.05) is 55.8 Å². The van der Waals surface area contributed by atoms with Crippen LogP contribution in [0.2, 0.25) is 0 Å². The number of amides is 1. The van der Waals surface area contributed by atoms with Gasteiger partial charge in [-0.25, -0.2) is 5.43 Å². The molecule has 0 spiro atoms. The van der Waals surface area contributed by atoms with Crippen molar-refractivity contribution in [3.05, 3.63) is 65.2 Å². The van der Waals surface area contributed by atoms with E-state index in [0.29, 0.717) is 0 Å². The minimum Gasteiger partial charge on any atom is -0.483 e. The van der Waals surface area contributed by atoms with E-state index in [2.05, 4.69) is 17.5 Å². The van der Waals surface area contributed by atoms with Gasteiger partial charge in [0.25, 0.3) is 5.91 Å². The van der Waals surface area contributed by atoms with Crippen molar-refractivity contribution in [3.8, 4) is 5.75 Å². The van der Waals surface area contributed by atoms with Crippen molar-refractivity contribution in [1.82, 2.24) is 5.43 Å². The van der Waals surface area contributed by atoms with Crippen LogP contribution in [-0.4, -0.2) is 18.2 Å². The summed E-state index contributed by atoms with van der Waals surface area (Å²) in [5.41, 5.74) is 6.60. The molecule has 0 radical (unpaired) electrons. The van der Waals surface area contributed by atoms with Crippen molar-refractivity contribution in [2.75, 3.05) is 6.61 Å². The van der Waals surface area contributed by atoms with Crippen molar-refractivity contribution in [2.45, 2.75) is 33.6 Å². The molecule has 0 atom stereocenters. The number of hydrazone groups is 1. The van der Waals surface area contributed by atoms with Gasteiger partial charge in [-0.2, -0.15) is 5.10 Å². The minimum atomic E-state index is -0.263. The lowest BCUT2D eigenvalue weighted by Gasteiger charge is -2.10. The van der Waals surface area contributed by atoms with Crippen LogP contribution in [-0.2, 0) is 4.79 Å². The number of ether oxygens (including phenoxy) is 1. The predicted molar refractivity (Wildman–Crippen MR) is 97.4 cm³/mol. The number of carbonyl (C=O) groups excluding carboxylic acids is 1. The Hall–Kier alpha value is -2.62. The first-order chi connectivity index (χ1) is 11.6. The van der Waals surface area contributed by atoms with Crippen LogP contribution in [0.25, 0.3) is 0 Å². The van der Waals surface area contributed by atoms with Gasteiger partial charge in [0.2, 0.25) is 0 Å². The Balaban J connectivity index is 1.96. The van der Waals surface area contributed by atoms with Crippen LogP contribution < -0.4 is 10.2 Å². The highest BCUT2D eigenvalue weighted by Gasteiger charge is 2.07. The molecule has 1 amide bonds. The number of carbonyl (C=O) groups is 1. The molecule has 0 aliphatic rings. The van der Waals surface area contributed by atoms with Crippen molar-refractivity contribution in [3.63, 3.8) is 0 Å². The summed E-state index contributed by atoms with van der Waals surface area (Å²) in [5, 5.41) is 4.27. The van der Waals surface area contributed by atoms with Crippen LogP contribution in [0.4, 0.5) is 0 Å². The van der Waals surface area contributed by atoms with Crippen LogP contribution in [0.15, 0.2) is 53.6 Å². The molecular weight excluding hydrogens is 300 g/mol. The summed E-state index contributed by atoms with van der Waals surface area (Å²) < 4.78 is 5.60. The van der Waals surface area contributed by atoms with Gasteiger partial charge in [-0.3, -0.25) is 4.79 Å². The zero-order chi connectivity index (χ0) is 17.4. The van der Waals surface area contributed by atoms with Crippen molar-refractivity contribution in [1.29, 1.82) is 0 Å². The van der Waals surface area contributed by atoms with Crippen LogP contribution in [0, 0.1) is 13.8 Å². The third-order valence-electron chi connectivity index (χ3n) is 3.61. The van der Waals surface area contributed by atoms with Gasteiger partial charge in [0.1, 0.15) is 5.75 Å². The van der Waals surface area contributed by atoms with Gasteiger partial charge in [-0.15, -0.1) is 0 Å². The van der Waals surface area contributed by atoms with Crippen molar-refractivity contribution >= 4 is 11.6 Å². The lowest BCUT2D eigenvalue weighted by molar-refractivity contribution is -0.123. The molecular formula is C20H24N2O2. The molecule has 0 unspecified atom stereocenters. The van der Waals surface area contributed by atoms with Gasteiger partial charge >= 0.3 is 0 Å². The minimum absolute atomic E-state index is 0.0536. The average Bonchev–Trinajstić information content (AvgIpc) is 2.60. The summed E-state index contributed by atoms with van der Waals surface area (Å²) in [6.45, 7) is 5.99. The van der Waals surface area contributed by atoms with E-state index in [1.165, 1.54) is 0 Å². The summed E-state index contributed by atoms with van der Waals surface area (Å²) in [5.74, 6) is 0.464. The van der Waals surface area contributed by atoms with E-state index in [1.807, 2.05) is 62.4 Å². The molecule has 0 bridgehead atoms. The van der Waals surface area contributed by atoms with Gasteiger partial charge in [0, 0.05) is 0 Å². The second-order valence-corrected chi connectivity index (χ2v) is 5.77. The zero-order valence-corrected chi connectivity index (χ0v) is 14.5. The number of benzene rings is 2. The fraction of sp³-hybridized carbons (Fsp3) is 0.300. The molecule has 126 valence electrons. The maximum Gasteiger partial charge on any atom is 0.277 e. The average molecular weight is 324 g/mol. The molecule has 0 saturated heterocycles. The van der Waals surface area contributed by atoms with Crippen molar-refractivity contribution in [2.24, 2.45) is 5.10 Å². The molecule has 2 aromatic carbocycles. The molecule has 0 aliphatic heterocycles. The number of nitrogens with one attached hydrogen (secondary N) is 1. The van der Waals surface area contributed by atoms with Crippen LogP contribution in [0.5, 0.6) is 5.75 Å². The van der Waals surface area contributed by atoms with Gasteiger partial charge in [0.15, 0.2) is 6.61 Å². The molecule has 4 heteroatoms. The van der Waals surface area contributed by atoms with Gasteiger partial charge in [0.05, 0.1) is 5.71 Å². The van der Waals surface area contributed by atoms with Crippen LogP contribution in [0.3, 0.4) is 0 Å². The first-order valence-electron chi connectivity index (χ1n) is 8.21. The predicted octanol–water partition coefficient (Wildman–Crippen LogP) is 4.00. The summed E-state index contributed by atoms with van der Waals surface area (Å²) in [6.07, 6.45) is 1.77. The van der Waals surface area contributed by atoms with E-state index >= 15 is 0 Å². The number of hydrogen-bond donors (Lipinski definition) is 1. The molecule has 4 nitrogen and oxygen atoms in total. The molecule has 0 fully saturated rings. The highest BCUT2D eigenvalue weighted by atomic mass is 16.5. The largest absolute Gasteiger partial charge is 0.483 e. The number of rotatable bonds is 7. The molecule has 0 aromatic heterocycles. The molecule has 2 rings (SSSR count). The first-order valence-corrected chi connectivity index (χ1v) is 8.21. The van der Waals surface area contributed by atoms with Crippen molar-refractivity contribution < 1.29 is 9.53 Å². The normalized spacial score (nSPS) is 11.2. The second-order valence-electron chi connectivity index (χ2n) is 5.77. The summed E-state index contributed by atoms with van der Waals surface area (Å²) in [6, 6.07) is 15.8. The molecule has 1 N–H and O–H groups in total. The molecule has 24 heavy (non-hydrogen) atoms. The summed E-state index contributed by atoms with van der Waals surface area (Å²) >= 11 is 0. The fourth-order valence-corrected chi connectivity index (χ4v) is 2.30. The Labute approximate surface area is 143 Å². The van der Waals surface area contributed by atoms with Crippen LogP contribution >= 0.6 is 0 Å². The van der Waals surface area contributed by atoms with Crippen LogP contribution in [0.1, 0.15) is 36.5 Å². The summed E-state index contributed by atoms with van der Waals surface area (Å²) in [7, 11) is 0. The zero-order valence-electron chi connectivity index (χ0n) is 14.5. The van der Waals surface area contributed by atoms with E-state index in [-0.39, 0.29) is 12.5 Å². The van der Waals surface area contributed by atoms with Gasteiger partial charge < -0.3 is 4.74 Å². The monoisotopic (exact) mass is 324 g/mol. The van der Waals surface area contributed by atoms with E-state index in [1.54, 1.807) is 0 Å². The smallest absolute Gasteiger partial charge is 0.277 e. The van der Waals surface area contributed by atoms with E-state index in [0.717, 1.165) is 41.0 Å². The molecule has 0 saturated carbocycles. The number of hydrogen-bond acceptors (Lipinski definition) is 3. The Morgan fingerprint density at radius 2 is 1.88 bits per heavy atom. The van der Waals surface area contributed by atoms with Gasteiger partial charge in [-0.05, 0) is 43.0 Å². The Kier molecular flexibility index (Phi) is 6.55. The topological polar surface area (TPSA) is 50.7 Å². The number of aryl methyl sites for hydroxylation is 2. The molecule has 0 heterocycles. The van der Waals surface area contributed by atoms with E-state index in [4.69, 9.17) is 4.74 Å². The Morgan fingerprint density at radius 3 is 2.58 bits per heavy atom.